The van der Waals surface area contributed by atoms with Crippen molar-refractivity contribution in [3.8, 4) is 5.75 Å². The Balaban J connectivity index is 1.20. The molecule has 5 aliphatic rings. The first-order valence-corrected chi connectivity index (χ1v) is 22.2. The highest BCUT2D eigenvalue weighted by atomic mass is 16.6. The molecule has 5 heterocycles. The molecular weight excluding hydrogens is 821 g/mol. The number of aliphatic hydroxyl groups is 3. The van der Waals surface area contributed by atoms with Gasteiger partial charge in [0, 0.05) is 56.7 Å². The van der Waals surface area contributed by atoms with Crippen LogP contribution in [0.5, 0.6) is 5.75 Å². The number of benzene rings is 1. The number of carbonyl (C=O) groups excluding carboxylic acids is 3. The van der Waals surface area contributed by atoms with Crippen LogP contribution in [0.25, 0.3) is 0 Å². The fraction of sp³-hybridized carbons (Fsp3) is 0.682. The van der Waals surface area contributed by atoms with Crippen LogP contribution in [0.4, 0.5) is 0 Å². The van der Waals surface area contributed by atoms with Crippen LogP contribution < -0.4 is 20.7 Å². The van der Waals surface area contributed by atoms with Gasteiger partial charge in [0.2, 0.25) is 11.8 Å². The highest BCUT2D eigenvalue weighted by molar-refractivity contribution is 5.95. The summed E-state index contributed by atoms with van der Waals surface area (Å²) < 4.78 is 30.9. The molecular formula is C44H64N6O13. The van der Waals surface area contributed by atoms with E-state index in [4.69, 9.17) is 23.7 Å². The van der Waals surface area contributed by atoms with Gasteiger partial charge in [0.25, 0.3) is 5.91 Å². The van der Waals surface area contributed by atoms with Crippen molar-refractivity contribution in [3.05, 3.63) is 52.9 Å². The molecule has 0 radical (unpaired) electrons. The first kappa shape index (κ1) is 48.0. The molecule has 4 aliphatic heterocycles. The van der Waals surface area contributed by atoms with Crippen LogP contribution in [0, 0.1) is 19.8 Å². The average molecular weight is 885 g/mol. The Hall–Kier alpha value is -4.50. The van der Waals surface area contributed by atoms with Gasteiger partial charge < -0.3 is 60.1 Å². The van der Waals surface area contributed by atoms with Crippen molar-refractivity contribution in [2.45, 2.75) is 133 Å². The molecule has 1 aromatic carbocycles. The monoisotopic (exact) mass is 884 g/mol. The van der Waals surface area contributed by atoms with E-state index < -0.39 is 72.8 Å². The maximum atomic E-state index is 13.5. The molecule has 3 amide bonds. The van der Waals surface area contributed by atoms with Crippen molar-refractivity contribution >= 4 is 23.7 Å². The summed E-state index contributed by atoms with van der Waals surface area (Å²) in [5.41, 5.74) is 0.336. The molecule has 2 saturated heterocycles. The standard InChI is InChI=1S/C44H64N6O13/c1-27-18-31-19-28(2)39(27)62-17-9-16-61-26-32(46-42(56)30-12-8-15-59-24-30)25-60-14-7-6-13-44(43(57)58)20-34(51)37(40(63-44)38(54)35(52)21-45-41(31)55)47-36(53)23-50-22-33(48-49-50)29-10-4-3-5-11-29/h6-7,18-19,22,29-30,32,34-35,37-38,40,51-52,54H,3-5,8-17,20-21,23-26H2,1-2H3,(H,45,55)(H,46,56)(H,47,53)(H,57,58)/b7-6+/t30?,32-,34-,35+,37+,38+,40+,44+/m0/s1. The average Bonchev–Trinajstić information content (AvgIpc) is 3.74. The maximum Gasteiger partial charge on any atom is 0.336 e. The summed E-state index contributed by atoms with van der Waals surface area (Å²) in [6, 6.07) is 1.39. The summed E-state index contributed by atoms with van der Waals surface area (Å²) in [7, 11) is 0. The van der Waals surface area contributed by atoms with E-state index in [0.29, 0.717) is 56.1 Å². The van der Waals surface area contributed by atoms with Gasteiger partial charge in [0.15, 0.2) is 5.60 Å². The van der Waals surface area contributed by atoms with Crippen molar-refractivity contribution in [1.29, 1.82) is 0 Å². The van der Waals surface area contributed by atoms with Crippen LogP contribution in [0.15, 0.2) is 30.5 Å². The number of hydrogen-bond donors (Lipinski definition) is 7. The van der Waals surface area contributed by atoms with Crippen LogP contribution in [-0.4, -0.2) is 154 Å². The molecule has 7 rings (SSSR count). The number of aryl methyl sites for hydroxylation is 2. The van der Waals surface area contributed by atoms with Gasteiger partial charge in [-0.2, -0.15) is 0 Å². The number of carboxylic acid groups (broad SMARTS) is 1. The first-order valence-electron chi connectivity index (χ1n) is 22.2. The Morgan fingerprint density at radius 3 is 2.35 bits per heavy atom. The SMILES string of the molecule is Cc1cc2cc(C)c1OCCCOC[C@@H](NC(=O)C1CCCOC1)COC/C=C/C[C@]1(C(=O)O)C[C@H](O)[C@@H](NC(=O)Cn3cc(C4CCCCC4)nn3)[C@@H](O1)[C@H](O)[C@H](O)CNC2=O. The number of hydrogen-bond acceptors (Lipinski definition) is 14. The number of fused-ring (bicyclic) bond motifs is 17. The quantitative estimate of drug-likeness (QED) is 0.193. The normalized spacial score (nSPS) is 30.4. The van der Waals surface area contributed by atoms with Gasteiger partial charge in [-0.1, -0.05) is 36.6 Å². The van der Waals surface area contributed by atoms with E-state index in [1.807, 2.05) is 0 Å². The number of aliphatic hydroxyl groups excluding tert-OH is 3. The second-order valence-corrected chi connectivity index (χ2v) is 17.2. The van der Waals surface area contributed by atoms with Gasteiger partial charge in [-0.3, -0.25) is 14.4 Å². The number of aromatic nitrogens is 3. The summed E-state index contributed by atoms with van der Waals surface area (Å²) in [6.07, 6.45) is 4.53. The lowest BCUT2D eigenvalue weighted by atomic mass is 9.81. The van der Waals surface area contributed by atoms with Gasteiger partial charge in [-0.25, -0.2) is 9.48 Å². The highest BCUT2D eigenvalue weighted by Crippen LogP contribution is 2.36. The minimum atomic E-state index is -2.11. The zero-order chi connectivity index (χ0) is 44.9. The van der Waals surface area contributed by atoms with Crippen molar-refractivity contribution in [3.63, 3.8) is 0 Å². The predicted molar refractivity (Wildman–Crippen MR) is 225 cm³/mol. The number of ether oxygens (including phenoxy) is 5. The minimum absolute atomic E-state index is 0.0241. The van der Waals surface area contributed by atoms with Crippen molar-refractivity contribution in [2.75, 3.05) is 52.8 Å². The van der Waals surface area contributed by atoms with E-state index in [2.05, 4.69) is 26.3 Å². The summed E-state index contributed by atoms with van der Waals surface area (Å²) in [5.74, 6) is -2.22. The minimum Gasteiger partial charge on any atom is -0.493 e. The van der Waals surface area contributed by atoms with Crippen LogP contribution >= 0.6 is 0 Å². The molecule has 2 aromatic rings. The number of carboxylic acids is 1. The predicted octanol–water partition coefficient (Wildman–Crippen LogP) is 1.23. The highest BCUT2D eigenvalue weighted by Gasteiger charge is 2.54. The molecule has 0 spiro atoms. The first-order chi connectivity index (χ1) is 30.3. The Labute approximate surface area is 367 Å². The van der Waals surface area contributed by atoms with E-state index in [9.17, 15) is 39.6 Å². The zero-order valence-corrected chi connectivity index (χ0v) is 36.2. The molecule has 4 bridgehead atoms. The summed E-state index contributed by atoms with van der Waals surface area (Å²) in [5, 5.41) is 61.8. The molecule has 19 heteroatoms. The lowest BCUT2D eigenvalue weighted by Crippen LogP contribution is -2.67. The van der Waals surface area contributed by atoms with Gasteiger partial charge in [0.05, 0.1) is 68.9 Å². The largest absolute Gasteiger partial charge is 0.493 e. The smallest absolute Gasteiger partial charge is 0.336 e. The molecule has 1 unspecified atom stereocenters. The molecule has 19 nitrogen and oxygen atoms in total. The number of aliphatic carboxylic acids is 1. The summed E-state index contributed by atoms with van der Waals surface area (Å²) in [4.78, 5) is 52.9. The second kappa shape index (κ2) is 22.9. The molecule has 1 aliphatic carbocycles. The number of nitrogens with one attached hydrogen (secondary N) is 3. The van der Waals surface area contributed by atoms with Crippen LogP contribution in [0.1, 0.15) is 97.3 Å². The molecule has 1 aromatic heterocycles. The summed E-state index contributed by atoms with van der Waals surface area (Å²) in [6.45, 7) is 4.71. The van der Waals surface area contributed by atoms with Crippen LogP contribution in [-0.2, 0) is 39.9 Å². The third kappa shape index (κ3) is 13.0. The fourth-order valence-electron chi connectivity index (χ4n) is 8.76. The number of amides is 3. The van der Waals surface area contributed by atoms with Crippen molar-refractivity contribution < 1.29 is 63.3 Å². The number of nitrogens with zero attached hydrogens (tertiary/aromatic N) is 3. The lowest BCUT2D eigenvalue weighted by Gasteiger charge is -2.47. The van der Waals surface area contributed by atoms with E-state index in [0.717, 1.165) is 37.8 Å². The Morgan fingerprint density at radius 1 is 0.889 bits per heavy atom. The Kier molecular flexibility index (Phi) is 17.4. The molecule has 7 N–H and O–H groups in total. The summed E-state index contributed by atoms with van der Waals surface area (Å²) >= 11 is 0. The van der Waals surface area contributed by atoms with E-state index in [-0.39, 0.29) is 56.1 Å². The zero-order valence-electron chi connectivity index (χ0n) is 36.2. The van der Waals surface area contributed by atoms with E-state index in [1.165, 1.54) is 17.2 Å². The maximum absolute atomic E-state index is 13.5. The van der Waals surface area contributed by atoms with Crippen molar-refractivity contribution in [1.82, 2.24) is 30.9 Å². The Bertz CT molecular complexity index is 1860. The van der Waals surface area contributed by atoms with Crippen LogP contribution in [0.2, 0.25) is 0 Å². The lowest BCUT2D eigenvalue weighted by molar-refractivity contribution is -0.226. The van der Waals surface area contributed by atoms with E-state index >= 15 is 0 Å². The number of rotatable bonds is 7. The fourth-order valence-corrected chi connectivity index (χ4v) is 8.76. The third-order valence-electron chi connectivity index (χ3n) is 12.2. The topological polar surface area (TPSA) is 262 Å². The molecule has 63 heavy (non-hydrogen) atoms. The van der Waals surface area contributed by atoms with Gasteiger partial charge in [0.1, 0.15) is 24.5 Å². The van der Waals surface area contributed by atoms with E-state index in [1.54, 1.807) is 38.3 Å². The number of carbonyl (C=O) groups is 4. The van der Waals surface area contributed by atoms with Crippen LogP contribution in [0.3, 0.4) is 0 Å². The van der Waals surface area contributed by atoms with Crippen molar-refractivity contribution in [2.24, 2.45) is 5.92 Å². The second-order valence-electron chi connectivity index (χ2n) is 17.2. The third-order valence-corrected chi connectivity index (χ3v) is 12.2. The van der Waals surface area contributed by atoms with Gasteiger partial charge >= 0.3 is 5.97 Å². The van der Waals surface area contributed by atoms with Gasteiger partial charge in [-0.15, -0.1) is 5.10 Å². The molecule has 1 saturated carbocycles. The molecule has 8 atom stereocenters. The Morgan fingerprint density at radius 2 is 1.62 bits per heavy atom. The molecule has 348 valence electrons. The molecule has 3 fully saturated rings. The van der Waals surface area contributed by atoms with Gasteiger partial charge in [-0.05, 0) is 62.8 Å².